The lowest BCUT2D eigenvalue weighted by molar-refractivity contribution is -0.145. The Balaban J connectivity index is 1.75. The monoisotopic (exact) mass is 382 g/mol. The molecule has 0 spiro atoms. The van der Waals surface area contributed by atoms with Crippen molar-refractivity contribution in [2.24, 2.45) is 17.8 Å². The first kappa shape index (κ1) is 22.0. The van der Waals surface area contributed by atoms with E-state index in [1.165, 1.54) is 20.0 Å². The third kappa shape index (κ3) is 6.98. The van der Waals surface area contributed by atoms with Gasteiger partial charge in [-0.3, -0.25) is 4.79 Å². The zero-order valence-electron chi connectivity index (χ0n) is 17.8. The second kappa shape index (κ2) is 9.76. The van der Waals surface area contributed by atoms with E-state index in [1.54, 1.807) is 0 Å². The summed E-state index contributed by atoms with van der Waals surface area (Å²) in [6.07, 6.45) is 5.32. The van der Waals surface area contributed by atoms with Gasteiger partial charge in [-0.2, -0.15) is 0 Å². The van der Waals surface area contributed by atoms with Gasteiger partial charge in [0.25, 0.3) is 0 Å². The Hall–Kier alpha value is -1.30. The minimum Gasteiger partial charge on any atom is -0.469 e. The summed E-state index contributed by atoms with van der Waals surface area (Å²) >= 11 is 0. The first-order valence-electron chi connectivity index (χ1n) is 10.5. The number of methoxy groups -OCH3 is 1. The summed E-state index contributed by atoms with van der Waals surface area (Å²) in [5, 5.41) is 0. The van der Waals surface area contributed by atoms with Crippen LogP contribution < -0.4 is 0 Å². The first-order chi connectivity index (χ1) is 12.7. The maximum atomic E-state index is 12.2. The minimum absolute atomic E-state index is 0.0348. The summed E-state index contributed by atoms with van der Waals surface area (Å²) in [5.74, 6) is 1.24. The van der Waals surface area contributed by atoms with Gasteiger partial charge in [-0.25, -0.2) is 4.79 Å². The Kier molecular flexibility index (Phi) is 7.95. The minimum atomic E-state index is -0.431. The van der Waals surface area contributed by atoms with Crippen LogP contribution in [0.2, 0.25) is 0 Å². The van der Waals surface area contributed by atoms with Gasteiger partial charge in [0, 0.05) is 19.6 Å². The summed E-state index contributed by atoms with van der Waals surface area (Å²) in [5.41, 5.74) is -0.431. The number of esters is 1. The predicted octanol–water partition coefficient (Wildman–Crippen LogP) is 3.54. The number of carbonyl (C=O) groups excluding carboxylic acids is 2. The Morgan fingerprint density at radius 3 is 2.33 bits per heavy atom. The Labute approximate surface area is 164 Å². The summed E-state index contributed by atoms with van der Waals surface area (Å²) in [6, 6.07) is 0. The second-order valence-corrected chi connectivity index (χ2v) is 9.22. The molecule has 0 aromatic rings. The molecule has 0 N–H and O–H groups in total. The molecule has 0 saturated carbocycles. The van der Waals surface area contributed by atoms with Crippen LogP contribution >= 0.6 is 0 Å². The molecule has 2 aliphatic heterocycles. The highest BCUT2D eigenvalue weighted by molar-refractivity contribution is 5.71. The smallest absolute Gasteiger partial charge is 0.410 e. The van der Waals surface area contributed by atoms with Gasteiger partial charge in [0.2, 0.25) is 0 Å². The molecule has 0 aromatic heterocycles. The summed E-state index contributed by atoms with van der Waals surface area (Å²) in [6.45, 7) is 12.5. The summed E-state index contributed by atoms with van der Waals surface area (Å²) in [7, 11) is 1.46. The third-order valence-corrected chi connectivity index (χ3v) is 5.88. The van der Waals surface area contributed by atoms with Crippen LogP contribution in [-0.4, -0.2) is 67.3 Å². The van der Waals surface area contributed by atoms with Crippen LogP contribution in [0.1, 0.15) is 59.8 Å². The van der Waals surface area contributed by atoms with Crippen LogP contribution in [0.3, 0.4) is 0 Å². The van der Waals surface area contributed by atoms with Gasteiger partial charge < -0.3 is 19.3 Å². The van der Waals surface area contributed by atoms with Gasteiger partial charge in [0.1, 0.15) is 5.60 Å². The molecule has 1 amide bonds. The lowest BCUT2D eigenvalue weighted by Crippen LogP contribution is -2.45. The highest BCUT2D eigenvalue weighted by atomic mass is 16.6. The van der Waals surface area contributed by atoms with Crippen molar-refractivity contribution in [3.8, 4) is 0 Å². The molecule has 0 radical (unpaired) electrons. The van der Waals surface area contributed by atoms with Crippen LogP contribution in [0, 0.1) is 17.8 Å². The van der Waals surface area contributed by atoms with Crippen molar-refractivity contribution in [2.45, 2.75) is 65.4 Å². The molecule has 1 unspecified atom stereocenters. The maximum Gasteiger partial charge on any atom is 0.410 e. The lowest BCUT2D eigenvalue weighted by Gasteiger charge is -2.41. The molecule has 0 aromatic carbocycles. The van der Waals surface area contributed by atoms with Crippen molar-refractivity contribution < 1.29 is 19.1 Å². The van der Waals surface area contributed by atoms with Crippen LogP contribution in [0.5, 0.6) is 0 Å². The number of hydrogen-bond acceptors (Lipinski definition) is 5. The number of hydrogen-bond donors (Lipinski definition) is 0. The SMILES string of the molecule is COC(=O)C(C)CCN1CCC[C@H](C2CCN(C(=O)OC(C)(C)C)CC2)C1. The Morgan fingerprint density at radius 1 is 1.07 bits per heavy atom. The average Bonchev–Trinajstić information content (AvgIpc) is 2.64. The number of piperidine rings is 2. The number of carbonyl (C=O) groups is 2. The van der Waals surface area contributed by atoms with Gasteiger partial charge in [0.05, 0.1) is 13.0 Å². The van der Waals surface area contributed by atoms with Gasteiger partial charge in [-0.1, -0.05) is 6.92 Å². The van der Waals surface area contributed by atoms with E-state index in [9.17, 15) is 9.59 Å². The van der Waals surface area contributed by atoms with Crippen molar-refractivity contribution >= 4 is 12.1 Å². The van der Waals surface area contributed by atoms with Gasteiger partial charge in [-0.15, -0.1) is 0 Å². The molecule has 2 aliphatic rings. The van der Waals surface area contributed by atoms with Crippen LogP contribution in [-0.2, 0) is 14.3 Å². The van der Waals surface area contributed by atoms with E-state index in [-0.39, 0.29) is 18.0 Å². The highest BCUT2D eigenvalue weighted by Gasteiger charge is 2.32. The molecule has 2 saturated heterocycles. The summed E-state index contributed by atoms with van der Waals surface area (Å²) in [4.78, 5) is 28.2. The standard InChI is InChI=1S/C21H38N2O4/c1-16(19(24)26-5)8-12-22-11-6-7-18(15-22)17-9-13-23(14-10-17)20(25)27-21(2,3)4/h16-18H,6-15H2,1-5H3/t16?,18-/m0/s1. The van der Waals surface area contributed by atoms with Gasteiger partial charge >= 0.3 is 12.1 Å². The van der Waals surface area contributed by atoms with Crippen LogP contribution in [0.25, 0.3) is 0 Å². The molecule has 2 fully saturated rings. The molecular weight excluding hydrogens is 344 g/mol. The zero-order chi connectivity index (χ0) is 20.0. The number of amides is 1. The van der Waals surface area contributed by atoms with Gasteiger partial charge in [0.15, 0.2) is 0 Å². The van der Waals surface area contributed by atoms with E-state index in [2.05, 4.69) is 4.90 Å². The summed E-state index contributed by atoms with van der Waals surface area (Å²) < 4.78 is 10.3. The quantitative estimate of drug-likeness (QED) is 0.681. The lowest BCUT2D eigenvalue weighted by atomic mass is 9.79. The molecule has 0 bridgehead atoms. The molecule has 2 rings (SSSR count). The van der Waals surface area contributed by atoms with E-state index in [1.807, 2.05) is 32.6 Å². The fraction of sp³-hybridized carbons (Fsp3) is 0.905. The van der Waals surface area contributed by atoms with Gasteiger partial charge in [-0.05, 0) is 77.8 Å². The van der Waals surface area contributed by atoms with E-state index in [0.29, 0.717) is 11.8 Å². The van der Waals surface area contributed by atoms with E-state index >= 15 is 0 Å². The van der Waals surface area contributed by atoms with Crippen LogP contribution in [0.15, 0.2) is 0 Å². The highest BCUT2D eigenvalue weighted by Crippen LogP contribution is 2.32. The third-order valence-electron chi connectivity index (χ3n) is 5.88. The number of likely N-dealkylation sites (tertiary alicyclic amines) is 2. The Morgan fingerprint density at radius 2 is 1.74 bits per heavy atom. The van der Waals surface area contributed by atoms with E-state index < -0.39 is 5.60 Å². The molecule has 2 atom stereocenters. The largest absolute Gasteiger partial charge is 0.469 e. The normalized spacial score (nSPS) is 23.7. The Bertz CT molecular complexity index is 495. The molecule has 0 aliphatic carbocycles. The molecule has 6 nitrogen and oxygen atoms in total. The molecular formula is C21H38N2O4. The van der Waals surface area contributed by atoms with E-state index in [0.717, 1.165) is 52.0 Å². The fourth-order valence-electron chi connectivity index (χ4n) is 4.25. The average molecular weight is 383 g/mol. The first-order valence-corrected chi connectivity index (χ1v) is 10.5. The fourth-order valence-corrected chi connectivity index (χ4v) is 4.25. The van der Waals surface area contributed by atoms with Crippen LogP contribution in [0.4, 0.5) is 4.79 Å². The molecule has 156 valence electrons. The maximum absolute atomic E-state index is 12.2. The van der Waals surface area contributed by atoms with Crippen molar-refractivity contribution in [1.82, 2.24) is 9.80 Å². The zero-order valence-corrected chi connectivity index (χ0v) is 17.8. The second-order valence-electron chi connectivity index (χ2n) is 9.22. The predicted molar refractivity (Wildman–Crippen MR) is 105 cm³/mol. The number of nitrogens with zero attached hydrogens (tertiary/aromatic N) is 2. The molecule has 2 heterocycles. The van der Waals surface area contributed by atoms with Crippen molar-refractivity contribution in [3.63, 3.8) is 0 Å². The van der Waals surface area contributed by atoms with Crippen molar-refractivity contribution in [2.75, 3.05) is 39.8 Å². The number of ether oxygens (including phenoxy) is 2. The molecule has 27 heavy (non-hydrogen) atoms. The van der Waals surface area contributed by atoms with E-state index in [4.69, 9.17) is 9.47 Å². The number of rotatable bonds is 5. The van der Waals surface area contributed by atoms with Crippen molar-refractivity contribution in [1.29, 1.82) is 0 Å². The van der Waals surface area contributed by atoms with Crippen molar-refractivity contribution in [3.05, 3.63) is 0 Å². The topological polar surface area (TPSA) is 59.1 Å². The molecule has 6 heteroatoms.